The van der Waals surface area contributed by atoms with Crippen LogP contribution in [-0.4, -0.2) is 74.1 Å². The van der Waals surface area contributed by atoms with Gasteiger partial charge in [0.05, 0.1) is 6.33 Å². The number of pyridine rings is 1. The predicted molar refractivity (Wildman–Crippen MR) is 181 cm³/mol. The molecule has 2 fully saturated rings. The largest absolute Gasteiger partial charge is 0.367 e. The Balaban J connectivity index is 1.23. The molecule has 0 spiro atoms. The zero-order valence-corrected chi connectivity index (χ0v) is 27.2. The molecular weight excluding hydrogens is 608 g/mol. The molecule has 5 heterocycles. The van der Waals surface area contributed by atoms with Crippen molar-refractivity contribution in [2.75, 3.05) is 30.3 Å². The lowest BCUT2D eigenvalue weighted by Crippen LogP contribution is -2.42. The van der Waals surface area contributed by atoms with Crippen LogP contribution in [0, 0.1) is 0 Å². The topological polar surface area (TPSA) is 137 Å². The summed E-state index contributed by atoms with van der Waals surface area (Å²) in [5, 5.41) is 9.85. The first-order valence-corrected chi connectivity index (χ1v) is 16.4. The van der Waals surface area contributed by atoms with Crippen LogP contribution in [-0.2, 0) is 25.4 Å². The van der Waals surface area contributed by atoms with Gasteiger partial charge >= 0.3 is 0 Å². The van der Waals surface area contributed by atoms with E-state index in [-0.39, 0.29) is 11.8 Å². The first-order valence-electron chi connectivity index (χ1n) is 16.4. The highest BCUT2D eigenvalue weighted by Crippen LogP contribution is 2.44. The molecule has 2 aliphatic heterocycles. The maximum Gasteiger partial charge on any atom is 0.252 e. The summed E-state index contributed by atoms with van der Waals surface area (Å²) < 4.78 is 20.7. The number of hydrogen-bond donors (Lipinski definition) is 3. The van der Waals surface area contributed by atoms with E-state index in [9.17, 15) is 4.79 Å². The summed E-state index contributed by atoms with van der Waals surface area (Å²) in [6, 6.07) is 26.7. The fourth-order valence-corrected chi connectivity index (χ4v) is 6.44. The third-order valence-corrected chi connectivity index (χ3v) is 8.60. The second-order valence-corrected chi connectivity index (χ2v) is 12.4. The fourth-order valence-electron chi connectivity index (χ4n) is 6.44. The second kappa shape index (κ2) is 13.7. The zero-order chi connectivity index (χ0) is 33.1. The molecule has 3 aromatic heterocycles. The summed E-state index contributed by atoms with van der Waals surface area (Å²) >= 11 is 0. The normalized spacial score (nSPS) is 21.3. The summed E-state index contributed by atoms with van der Waals surface area (Å²) in [6.07, 6.45) is 1.43. The van der Waals surface area contributed by atoms with Gasteiger partial charge in [-0.05, 0) is 44.0 Å². The number of imidazole rings is 1. The zero-order valence-electron chi connectivity index (χ0n) is 27.2. The maximum atomic E-state index is 13.1. The van der Waals surface area contributed by atoms with E-state index >= 15 is 0 Å². The lowest BCUT2D eigenvalue weighted by Gasteiger charge is -2.24. The van der Waals surface area contributed by atoms with Gasteiger partial charge in [0.15, 0.2) is 35.1 Å². The molecule has 2 aromatic carbocycles. The third kappa shape index (κ3) is 6.59. The van der Waals surface area contributed by atoms with Crippen molar-refractivity contribution in [1.82, 2.24) is 29.8 Å². The van der Waals surface area contributed by atoms with E-state index in [0.717, 1.165) is 5.69 Å². The van der Waals surface area contributed by atoms with Gasteiger partial charge in [0.25, 0.3) is 5.91 Å². The van der Waals surface area contributed by atoms with Gasteiger partial charge in [0.1, 0.15) is 12.2 Å². The van der Waals surface area contributed by atoms with Crippen molar-refractivity contribution in [3.63, 3.8) is 0 Å². The van der Waals surface area contributed by atoms with E-state index in [1.54, 1.807) is 12.5 Å². The van der Waals surface area contributed by atoms with E-state index in [1.165, 1.54) is 11.1 Å². The molecule has 2 saturated heterocycles. The molecule has 1 amide bonds. The Bertz CT molecular complexity index is 1800. The summed E-state index contributed by atoms with van der Waals surface area (Å²) in [5.41, 5.74) is 4.44. The van der Waals surface area contributed by atoms with Gasteiger partial charge in [-0.15, -0.1) is 0 Å². The minimum absolute atomic E-state index is 0.0584. The van der Waals surface area contributed by atoms with Crippen LogP contribution in [0.25, 0.3) is 11.2 Å². The Hall–Kier alpha value is -4.91. The number of nitrogens with one attached hydrogen (secondary N) is 3. The van der Waals surface area contributed by atoms with Gasteiger partial charge < -0.3 is 30.2 Å². The number of nitrogens with zero attached hydrogens (tertiary/aromatic N) is 5. The average molecular weight is 649 g/mol. The number of amides is 1. The number of carbonyl (C=O) groups excluding carboxylic acids is 1. The van der Waals surface area contributed by atoms with Crippen LogP contribution in [0.15, 0.2) is 91.4 Å². The Morgan fingerprint density at radius 2 is 1.60 bits per heavy atom. The van der Waals surface area contributed by atoms with E-state index in [2.05, 4.69) is 69.5 Å². The summed E-state index contributed by atoms with van der Waals surface area (Å²) in [5.74, 6) is -0.0694. The fraction of sp³-hybridized carbons (Fsp3) is 0.361. The Kier molecular flexibility index (Phi) is 9.02. The monoisotopic (exact) mass is 648 g/mol. The average Bonchev–Trinajstić information content (AvgIpc) is 3.77. The number of likely N-dealkylation sites (N-methyl/N-ethyl adjacent to an activating group) is 1. The molecule has 48 heavy (non-hydrogen) atoms. The van der Waals surface area contributed by atoms with Crippen molar-refractivity contribution in [3.8, 4) is 0 Å². The van der Waals surface area contributed by atoms with Crippen LogP contribution in [0.1, 0.15) is 49.7 Å². The Morgan fingerprint density at radius 3 is 2.29 bits per heavy atom. The molecule has 3 N–H and O–H groups in total. The van der Waals surface area contributed by atoms with Crippen LogP contribution in [0.2, 0.25) is 0 Å². The van der Waals surface area contributed by atoms with Gasteiger partial charge in [-0.1, -0.05) is 66.7 Å². The minimum atomic E-state index is -0.887. The molecule has 2 aliphatic rings. The standard InChI is InChI=1S/C36H40N8O4/c1-4-37-33(45)29-28-30(48-36(2,3)47-28)34(46-29)44-22-41-27-31(42-35(43-32(27)44)39-20-18-25-17-11-12-19-38-25)40-21-26(23-13-7-5-8-14-23)24-15-9-6-10-16-24/h5-17,19,22,26,28-30,34H,4,18,20-21H2,1-3H3,(H,37,45)(H2,39,40,42,43)/t28-,29-,30+,34+/m0/s1. The van der Waals surface area contributed by atoms with Crippen molar-refractivity contribution in [3.05, 3.63) is 108 Å². The van der Waals surface area contributed by atoms with Gasteiger partial charge in [0, 0.05) is 43.9 Å². The number of rotatable bonds is 12. The number of carbonyl (C=O) groups is 1. The number of fused-ring (bicyclic) bond motifs is 2. The lowest BCUT2D eigenvalue weighted by atomic mass is 9.91. The molecule has 12 heteroatoms. The number of anilines is 2. The van der Waals surface area contributed by atoms with Gasteiger partial charge in [-0.3, -0.25) is 14.3 Å². The quantitative estimate of drug-likeness (QED) is 0.175. The van der Waals surface area contributed by atoms with Crippen LogP contribution in [0.4, 0.5) is 11.8 Å². The second-order valence-electron chi connectivity index (χ2n) is 12.4. The molecule has 0 saturated carbocycles. The highest BCUT2D eigenvalue weighted by molar-refractivity contribution is 5.85. The third-order valence-electron chi connectivity index (χ3n) is 8.60. The Morgan fingerprint density at radius 1 is 0.896 bits per heavy atom. The van der Waals surface area contributed by atoms with E-state index in [0.29, 0.717) is 49.0 Å². The summed E-state index contributed by atoms with van der Waals surface area (Å²) in [4.78, 5) is 32.1. The number of benzene rings is 2. The molecule has 7 rings (SSSR count). The highest BCUT2D eigenvalue weighted by atomic mass is 16.8. The van der Waals surface area contributed by atoms with E-state index in [1.807, 2.05) is 55.7 Å². The SMILES string of the molecule is CCNC(=O)[C@H]1O[C@@H](n2cnc3c(NCC(c4ccccc4)c4ccccc4)nc(NCCc4ccccn4)nc32)[C@@H]2OC(C)(C)O[C@H]21. The first-order chi connectivity index (χ1) is 23.4. The molecule has 0 unspecified atom stereocenters. The van der Waals surface area contributed by atoms with Gasteiger partial charge in [0.2, 0.25) is 5.95 Å². The number of ether oxygens (including phenoxy) is 3. The Labute approximate surface area is 279 Å². The van der Waals surface area contributed by atoms with Gasteiger partial charge in [-0.25, -0.2) is 4.98 Å². The van der Waals surface area contributed by atoms with Crippen LogP contribution < -0.4 is 16.0 Å². The summed E-state index contributed by atoms with van der Waals surface area (Å²) in [7, 11) is 0. The number of aromatic nitrogens is 5. The molecular formula is C36H40N8O4. The molecule has 0 aliphatic carbocycles. The maximum absolute atomic E-state index is 13.1. The summed E-state index contributed by atoms with van der Waals surface area (Å²) in [6.45, 7) is 7.16. The first kappa shape index (κ1) is 31.7. The predicted octanol–water partition coefficient (Wildman–Crippen LogP) is 4.67. The highest BCUT2D eigenvalue weighted by Gasteiger charge is 2.58. The van der Waals surface area contributed by atoms with E-state index in [4.69, 9.17) is 29.2 Å². The molecule has 248 valence electrons. The van der Waals surface area contributed by atoms with Crippen LogP contribution >= 0.6 is 0 Å². The molecule has 5 aromatic rings. The van der Waals surface area contributed by atoms with Crippen molar-refractivity contribution in [1.29, 1.82) is 0 Å². The van der Waals surface area contributed by atoms with Crippen molar-refractivity contribution in [2.24, 2.45) is 0 Å². The number of hydrogen-bond acceptors (Lipinski definition) is 10. The van der Waals surface area contributed by atoms with Crippen molar-refractivity contribution >= 4 is 28.8 Å². The smallest absolute Gasteiger partial charge is 0.252 e. The van der Waals surface area contributed by atoms with Crippen LogP contribution in [0.3, 0.4) is 0 Å². The van der Waals surface area contributed by atoms with Gasteiger partial charge in [-0.2, -0.15) is 9.97 Å². The van der Waals surface area contributed by atoms with Crippen molar-refractivity contribution in [2.45, 2.75) is 63.4 Å². The molecule has 12 nitrogen and oxygen atoms in total. The lowest BCUT2D eigenvalue weighted by molar-refractivity contribution is -0.197. The molecule has 0 bridgehead atoms. The van der Waals surface area contributed by atoms with Crippen LogP contribution in [0.5, 0.6) is 0 Å². The minimum Gasteiger partial charge on any atom is -0.367 e. The molecule has 4 atom stereocenters. The van der Waals surface area contributed by atoms with Crippen molar-refractivity contribution < 1.29 is 19.0 Å². The molecule has 0 radical (unpaired) electrons. The van der Waals surface area contributed by atoms with E-state index < -0.39 is 30.3 Å².